The molecule has 0 amide bonds. The molecule has 7 aromatic rings. The third-order valence-electron chi connectivity index (χ3n) is 8.13. The average molecular weight is 475 g/mol. The van der Waals surface area contributed by atoms with E-state index in [1.54, 1.807) is 0 Å². The minimum absolute atomic E-state index is 0.209. The van der Waals surface area contributed by atoms with Crippen LogP contribution in [0.5, 0.6) is 0 Å². The van der Waals surface area contributed by atoms with Gasteiger partial charge in [-0.05, 0) is 70.1 Å². The third kappa shape index (κ3) is 2.53. The highest BCUT2D eigenvalue weighted by molar-refractivity contribution is 6.08. The molecule has 174 valence electrons. The fourth-order valence-corrected chi connectivity index (χ4v) is 6.34. The highest BCUT2D eigenvalue weighted by Crippen LogP contribution is 2.49. The third-order valence-corrected chi connectivity index (χ3v) is 8.13. The van der Waals surface area contributed by atoms with Crippen molar-refractivity contribution in [3.05, 3.63) is 114 Å². The Kier molecular flexibility index (Phi) is 3.77. The molecule has 0 saturated heterocycles. The molecule has 0 fully saturated rings. The van der Waals surface area contributed by atoms with Crippen LogP contribution in [0.2, 0.25) is 0 Å². The lowest BCUT2D eigenvalue weighted by molar-refractivity contribution is 0.659. The maximum atomic E-state index is 9.50. The van der Waals surface area contributed by atoms with Crippen molar-refractivity contribution in [1.29, 1.82) is 5.26 Å². The second-order valence-corrected chi connectivity index (χ2v) is 10.5. The zero-order valence-electron chi connectivity index (χ0n) is 20.5. The van der Waals surface area contributed by atoms with Crippen molar-refractivity contribution < 1.29 is 0 Å². The van der Waals surface area contributed by atoms with Crippen molar-refractivity contribution >= 4 is 38.6 Å². The van der Waals surface area contributed by atoms with Crippen molar-refractivity contribution in [3.63, 3.8) is 0 Å². The summed E-state index contributed by atoms with van der Waals surface area (Å²) >= 11 is 0. The summed E-state index contributed by atoms with van der Waals surface area (Å²) < 4.78 is 4.60. The van der Waals surface area contributed by atoms with E-state index in [1.165, 1.54) is 38.5 Å². The van der Waals surface area contributed by atoms with Gasteiger partial charge < -0.3 is 0 Å². The van der Waals surface area contributed by atoms with Crippen LogP contribution in [0.25, 0.3) is 55.4 Å². The van der Waals surface area contributed by atoms with Crippen LogP contribution in [0, 0.1) is 11.3 Å². The topological polar surface area (TPSA) is 46.0 Å². The maximum absolute atomic E-state index is 9.50. The summed E-state index contributed by atoms with van der Waals surface area (Å²) in [6.45, 7) is 4.51. The Hall–Kier alpha value is -4.88. The fourth-order valence-electron chi connectivity index (χ4n) is 6.34. The van der Waals surface area contributed by atoms with Gasteiger partial charge in [0.05, 0.1) is 33.7 Å². The molecule has 2 heterocycles. The molecular formula is C33H22N4. The lowest BCUT2D eigenvalue weighted by Crippen LogP contribution is -2.15. The molecule has 0 unspecified atom stereocenters. The number of para-hydroxylation sites is 2. The summed E-state index contributed by atoms with van der Waals surface area (Å²) in [5.74, 6) is 0.910. The van der Waals surface area contributed by atoms with E-state index >= 15 is 0 Å². The Morgan fingerprint density at radius 2 is 1.51 bits per heavy atom. The zero-order valence-corrected chi connectivity index (χ0v) is 20.5. The number of benzene rings is 5. The number of hydrogen-bond acceptors (Lipinski definition) is 2. The fraction of sp³-hybridized carbons (Fsp3) is 0.0909. The first-order valence-electron chi connectivity index (χ1n) is 12.6. The van der Waals surface area contributed by atoms with E-state index in [-0.39, 0.29) is 5.41 Å². The van der Waals surface area contributed by atoms with Gasteiger partial charge >= 0.3 is 0 Å². The van der Waals surface area contributed by atoms with E-state index in [2.05, 4.69) is 108 Å². The molecule has 0 saturated carbocycles. The SMILES string of the molecule is CC1(C)c2cc(C#N)ccc2-c2ccc(-n3c4ccc5ccccc5c4n4c5ccccc5nc34)cc21. The van der Waals surface area contributed by atoms with Gasteiger partial charge in [-0.3, -0.25) is 8.97 Å². The second kappa shape index (κ2) is 6.87. The summed E-state index contributed by atoms with van der Waals surface area (Å²) in [6.07, 6.45) is 0. The highest BCUT2D eigenvalue weighted by Gasteiger charge is 2.36. The standard InChI is InChI=1S/C33H22N4/c1-33(2)26-17-20(19-34)11-14-24(26)25-15-13-22(18-27(25)33)36-30-16-12-21-7-3-4-8-23(21)31(30)37-29-10-6-5-9-28(29)35-32(36)37/h3-18H,1-2H3. The zero-order chi connectivity index (χ0) is 24.9. The minimum atomic E-state index is -0.209. The Labute approximate surface area is 213 Å². The molecule has 0 atom stereocenters. The van der Waals surface area contributed by atoms with Gasteiger partial charge in [0.15, 0.2) is 0 Å². The van der Waals surface area contributed by atoms with E-state index in [9.17, 15) is 5.26 Å². The largest absolute Gasteiger partial charge is 0.278 e. The summed E-state index contributed by atoms with van der Waals surface area (Å²) in [4.78, 5) is 5.12. The molecule has 0 N–H and O–H groups in total. The smallest absolute Gasteiger partial charge is 0.220 e. The monoisotopic (exact) mass is 474 g/mol. The molecule has 37 heavy (non-hydrogen) atoms. The number of imidazole rings is 2. The number of aromatic nitrogens is 3. The molecule has 0 radical (unpaired) electrons. The van der Waals surface area contributed by atoms with Gasteiger partial charge in [0.25, 0.3) is 0 Å². The number of rotatable bonds is 1. The maximum Gasteiger partial charge on any atom is 0.220 e. The molecule has 5 aromatic carbocycles. The second-order valence-electron chi connectivity index (χ2n) is 10.5. The number of hydrogen-bond donors (Lipinski definition) is 0. The number of nitrogens with zero attached hydrogens (tertiary/aromatic N) is 4. The number of fused-ring (bicyclic) bond motifs is 10. The summed E-state index contributed by atoms with van der Waals surface area (Å²) in [7, 11) is 0. The predicted octanol–water partition coefficient (Wildman–Crippen LogP) is 7.76. The Balaban J connectivity index is 1.48. The van der Waals surface area contributed by atoms with Gasteiger partial charge in [-0.15, -0.1) is 0 Å². The predicted molar refractivity (Wildman–Crippen MR) is 149 cm³/mol. The first kappa shape index (κ1) is 20.3. The van der Waals surface area contributed by atoms with Gasteiger partial charge in [-0.2, -0.15) is 5.26 Å². The molecule has 2 aromatic heterocycles. The van der Waals surface area contributed by atoms with Crippen LogP contribution in [0.3, 0.4) is 0 Å². The van der Waals surface area contributed by atoms with Crippen molar-refractivity contribution in [1.82, 2.24) is 14.0 Å². The molecule has 4 heteroatoms. The van der Waals surface area contributed by atoms with Crippen LogP contribution in [0.15, 0.2) is 97.1 Å². The Morgan fingerprint density at radius 3 is 2.38 bits per heavy atom. The van der Waals surface area contributed by atoms with Crippen molar-refractivity contribution in [2.45, 2.75) is 19.3 Å². The Morgan fingerprint density at radius 1 is 0.757 bits per heavy atom. The molecule has 4 nitrogen and oxygen atoms in total. The van der Waals surface area contributed by atoms with E-state index in [4.69, 9.17) is 4.98 Å². The van der Waals surface area contributed by atoms with E-state index in [0.29, 0.717) is 5.56 Å². The minimum Gasteiger partial charge on any atom is -0.278 e. The molecule has 0 bridgehead atoms. The van der Waals surface area contributed by atoms with Gasteiger partial charge in [0.2, 0.25) is 5.78 Å². The van der Waals surface area contributed by atoms with Gasteiger partial charge in [-0.25, -0.2) is 4.98 Å². The van der Waals surface area contributed by atoms with Crippen LogP contribution in [-0.2, 0) is 5.41 Å². The first-order chi connectivity index (χ1) is 18.1. The molecule has 8 rings (SSSR count). The Bertz CT molecular complexity index is 2130. The van der Waals surface area contributed by atoms with Crippen LogP contribution >= 0.6 is 0 Å². The van der Waals surface area contributed by atoms with E-state index < -0.39 is 0 Å². The van der Waals surface area contributed by atoms with Crippen molar-refractivity contribution in [2.75, 3.05) is 0 Å². The normalized spacial score (nSPS) is 13.9. The van der Waals surface area contributed by atoms with Gasteiger partial charge in [0.1, 0.15) is 0 Å². The average Bonchev–Trinajstić information content (AvgIpc) is 3.53. The van der Waals surface area contributed by atoms with Crippen LogP contribution in [-0.4, -0.2) is 14.0 Å². The van der Waals surface area contributed by atoms with Crippen LogP contribution < -0.4 is 0 Å². The molecular weight excluding hydrogens is 452 g/mol. The summed E-state index contributed by atoms with van der Waals surface area (Å²) in [5, 5.41) is 11.9. The van der Waals surface area contributed by atoms with Gasteiger partial charge in [-0.1, -0.05) is 68.4 Å². The first-order valence-corrected chi connectivity index (χ1v) is 12.6. The van der Waals surface area contributed by atoms with Gasteiger partial charge in [0, 0.05) is 16.5 Å². The lowest BCUT2D eigenvalue weighted by Gasteiger charge is -2.22. The quantitative estimate of drug-likeness (QED) is 0.244. The summed E-state index contributed by atoms with van der Waals surface area (Å²) in [5.41, 5.74) is 10.9. The van der Waals surface area contributed by atoms with E-state index in [0.717, 1.165) is 28.0 Å². The molecule has 1 aliphatic rings. The highest BCUT2D eigenvalue weighted by atomic mass is 15.2. The number of nitriles is 1. The lowest BCUT2D eigenvalue weighted by atomic mass is 9.82. The van der Waals surface area contributed by atoms with E-state index in [1.807, 2.05) is 18.2 Å². The molecule has 0 aliphatic heterocycles. The molecule has 1 aliphatic carbocycles. The van der Waals surface area contributed by atoms with Crippen molar-refractivity contribution in [2.24, 2.45) is 0 Å². The summed E-state index contributed by atoms with van der Waals surface area (Å²) in [6, 6.07) is 36.5. The van der Waals surface area contributed by atoms with Crippen LogP contribution in [0.1, 0.15) is 30.5 Å². The van der Waals surface area contributed by atoms with Crippen LogP contribution in [0.4, 0.5) is 0 Å². The molecule has 0 spiro atoms. The van der Waals surface area contributed by atoms with Crippen molar-refractivity contribution in [3.8, 4) is 22.9 Å².